The Balaban J connectivity index is 2.36. The Labute approximate surface area is 103 Å². The molecule has 88 valence electrons. The zero-order valence-corrected chi connectivity index (χ0v) is 10.4. The molecule has 2 aromatic rings. The van der Waals surface area contributed by atoms with Gasteiger partial charge in [-0.25, -0.2) is 0 Å². The third kappa shape index (κ3) is 2.68. The van der Waals surface area contributed by atoms with Crippen LogP contribution in [0, 0.1) is 6.92 Å². The number of hydrogen-bond acceptors (Lipinski definition) is 1. The van der Waals surface area contributed by atoms with Crippen LogP contribution in [0.15, 0.2) is 48.5 Å². The van der Waals surface area contributed by atoms with Gasteiger partial charge in [0.25, 0.3) is 0 Å². The molecular formula is C16H18O. The Morgan fingerprint density at radius 1 is 0.941 bits per heavy atom. The van der Waals surface area contributed by atoms with Gasteiger partial charge in [0.05, 0.1) is 6.61 Å². The van der Waals surface area contributed by atoms with Crippen LogP contribution in [0.25, 0.3) is 11.1 Å². The Morgan fingerprint density at radius 2 is 1.71 bits per heavy atom. The molecule has 0 unspecified atom stereocenters. The molecule has 0 aliphatic heterocycles. The van der Waals surface area contributed by atoms with Crippen LogP contribution < -0.4 is 4.74 Å². The van der Waals surface area contributed by atoms with Crippen LogP contribution in [0.5, 0.6) is 5.75 Å². The summed E-state index contributed by atoms with van der Waals surface area (Å²) in [5.74, 6) is 0.994. The molecule has 0 saturated heterocycles. The summed E-state index contributed by atoms with van der Waals surface area (Å²) in [6.45, 7) is 5.02. The van der Waals surface area contributed by atoms with E-state index < -0.39 is 0 Å². The van der Waals surface area contributed by atoms with Gasteiger partial charge in [0, 0.05) is 0 Å². The second kappa shape index (κ2) is 5.53. The minimum atomic E-state index is 0.777. The molecule has 0 radical (unpaired) electrons. The van der Waals surface area contributed by atoms with Gasteiger partial charge in [-0.3, -0.25) is 0 Å². The molecule has 0 N–H and O–H groups in total. The van der Waals surface area contributed by atoms with E-state index in [1.165, 1.54) is 16.7 Å². The van der Waals surface area contributed by atoms with Crippen molar-refractivity contribution in [3.8, 4) is 16.9 Å². The largest absolute Gasteiger partial charge is 0.493 e. The third-order valence-electron chi connectivity index (χ3n) is 2.83. The smallest absolute Gasteiger partial charge is 0.122 e. The van der Waals surface area contributed by atoms with Crippen molar-refractivity contribution >= 4 is 0 Å². The van der Waals surface area contributed by atoms with E-state index in [4.69, 9.17) is 4.74 Å². The van der Waals surface area contributed by atoms with Gasteiger partial charge < -0.3 is 4.74 Å². The molecule has 2 aromatic carbocycles. The molecule has 0 aliphatic carbocycles. The summed E-state index contributed by atoms with van der Waals surface area (Å²) < 4.78 is 5.75. The van der Waals surface area contributed by atoms with Crippen LogP contribution in [0.3, 0.4) is 0 Å². The van der Waals surface area contributed by atoms with Crippen LogP contribution in [0.2, 0.25) is 0 Å². The normalized spacial score (nSPS) is 10.2. The monoisotopic (exact) mass is 226 g/mol. The topological polar surface area (TPSA) is 9.23 Å². The van der Waals surface area contributed by atoms with E-state index >= 15 is 0 Å². The lowest BCUT2D eigenvalue weighted by molar-refractivity contribution is 0.315. The van der Waals surface area contributed by atoms with Gasteiger partial charge in [0.1, 0.15) is 5.75 Å². The Hall–Kier alpha value is -1.76. The Kier molecular flexibility index (Phi) is 3.81. The van der Waals surface area contributed by atoms with Crippen LogP contribution >= 0.6 is 0 Å². The average molecular weight is 226 g/mol. The average Bonchev–Trinajstić information content (AvgIpc) is 2.39. The van der Waals surface area contributed by atoms with Crippen molar-refractivity contribution in [1.29, 1.82) is 0 Å². The van der Waals surface area contributed by atoms with Crippen molar-refractivity contribution in [2.24, 2.45) is 0 Å². The quantitative estimate of drug-likeness (QED) is 0.748. The summed E-state index contributed by atoms with van der Waals surface area (Å²) in [4.78, 5) is 0. The maximum Gasteiger partial charge on any atom is 0.122 e. The fourth-order valence-corrected chi connectivity index (χ4v) is 1.91. The van der Waals surface area contributed by atoms with Crippen molar-refractivity contribution in [2.75, 3.05) is 6.61 Å². The van der Waals surface area contributed by atoms with Crippen LogP contribution in [0.1, 0.15) is 18.9 Å². The molecule has 1 nitrogen and oxygen atoms in total. The zero-order chi connectivity index (χ0) is 12.1. The number of rotatable bonds is 4. The molecule has 0 amide bonds. The van der Waals surface area contributed by atoms with Crippen molar-refractivity contribution in [1.82, 2.24) is 0 Å². The summed E-state index contributed by atoms with van der Waals surface area (Å²) in [7, 11) is 0. The highest BCUT2D eigenvalue weighted by Gasteiger charge is 2.06. The minimum absolute atomic E-state index is 0.777. The van der Waals surface area contributed by atoms with Gasteiger partial charge in [-0.05, 0) is 36.1 Å². The second-order valence-electron chi connectivity index (χ2n) is 4.14. The predicted octanol–water partition coefficient (Wildman–Crippen LogP) is 4.45. The lowest BCUT2D eigenvalue weighted by Gasteiger charge is -2.12. The molecule has 0 aromatic heterocycles. The minimum Gasteiger partial charge on any atom is -0.493 e. The maximum atomic E-state index is 5.75. The lowest BCUT2D eigenvalue weighted by atomic mass is 10.00. The lowest BCUT2D eigenvalue weighted by Crippen LogP contribution is -1.97. The van der Waals surface area contributed by atoms with Crippen molar-refractivity contribution in [3.63, 3.8) is 0 Å². The molecule has 0 spiro atoms. The summed E-state index contributed by atoms with van der Waals surface area (Å²) in [5, 5.41) is 0. The van der Waals surface area contributed by atoms with E-state index in [2.05, 4.69) is 50.2 Å². The molecule has 0 aliphatic rings. The van der Waals surface area contributed by atoms with Gasteiger partial charge in [-0.1, -0.05) is 49.4 Å². The van der Waals surface area contributed by atoms with Crippen molar-refractivity contribution in [3.05, 3.63) is 54.1 Å². The molecule has 0 atom stereocenters. The molecule has 0 fully saturated rings. The fourth-order valence-electron chi connectivity index (χ4n) is 1.91. The molecule has 0 bridgehead atoms. The zero-order valence-electron chi connectivity index (χ0n) is 10.4. The van der Waals surface area contributed by atoms with E-state index in [1.54, 1.807) is 0 Å². The molecular weight excluding hydrogens is 208 g/mol. The predicted molar refractivity (Wildman–Crippen MR) is 72.4 cm³/mol. The number of hydrogen-bond donors (Lipinski definition) is 0. The van der Waals surface area contributed by atoms with E-state index in [1.807, 2.05) is 12.1 Å². The second-order valence-corrected chi connectivity index (χ2v) is 4.14. The van der Waals surface area contributed by atoms with Crippen LogP contribution in [0.4, 0.5) is 0 Å². The van der Waals surface area contributed by atoms with E-state index in [9.17, 15) is 0 Å². The van der Waals surface area contributed by atoms with E-state index in [0.717, 1.165) is 18.8 Å². The highest BCUT2D eigenvalue weighted by atomic mass is 16.5. The van der Waals surface area contributed by atoms with Gasteiger partial charge in [0.2, 0.25) is 0 Å². The van der Waals surface area contributed by atoms with Gasteiger partial charge in [-0.15, -0.1) is 0 Å². The molecule has 0 saturated carbocycles. The van der Waals surface area contributed by atoms with E-state index in [-0.39, 0.29) is 0 Å². The SMILES string of the molecule is CCCOc1cccc(-c2ccccc2)c1C. The van der Waals surface area contributed by atoms with Gasteiger partial charge in [-0.2, -0.15) is 0 Å². The first-order valence-corrected chi connectivity index (χ1v) is 6.10. The first-order valence-electron chi connectivity index (χ1n) is 6.10. The van der Waals surface area contributed by atoms with Gasteiger partial charge >= 0.3 is 0 Å². The first kappa shape index (κ1) is 11.7. The summed E-state index contributed by atoms with van der Waals surface area (Å²) in [5.41, 5.74) is 3.71. The summed E-state index contributed by atoms with van der Waals surface area (Å²) in [6.07, 6.45) is 1.04. The molecule has 2 rings (SSSR count). The first-order chi connectivity index (χ1) is 8.33. The Bertz CT molecular complexity index is 474. The molecule has 17 heavy (non-hydrogen) atoms. The standard InChI is InChI=1S/C16H18O/c1-3-12-17-16-11-7-10-15(13(16)2)14-8-5-4-6-9-14/h4-11H,3,12H2,1-2H3. The number of ether oxygens (including phenoxy) is 1. The maximum absolute atomic E-state index is 5.75. The summed E-state index contributed by atoms with van der Waals surface area (Å²) >= 11 is 0. The van der Waals surface area contributed by atoms with Crippen LogP contribution in [-0.2, 0) is 0 Å². The van der Waals surface area contributed by atoms with Crippen molar-refractivity contribution < 1.29 is 4.74 Å². The highest BCUT2D eigenvalue weighted by molar-refractivity contribution is 5.69. The number of benzene rings is 2. The third-order valence-corrected chi connectivity index (χ3v) is 2.83. The van der Waals surface area contributed by atoms with Crippen molar-refractivity contribution in [2.45, 2.75) is 20.3 Å². The molecule has 1 heteroatoms. The van der Waals surface area contributed by atoms with Crippen LogP contribution in [-0.4, -0.2) is 6.61 Å². The van der Waals surface area contributed by atoms with E-state index in [0.29, 0.717) is 0 Å². The fraction of sp³-hybridized carbons (Fsp3) is 0.250. The highest BCUT2D eigenvalue weighted by Crippen LogP contribution is 2.29. The molecule has 0 heterocycles. The summed E-state index contributed by atoms with van der Waals surface area (Å²) in [6, 6.07) is 16.7. The Morgan fingerprint density at radius 3 is 2.41 bits per heavy atom. The van der Waals surface area contributed by atoms with Gasteiger partial charge in [0.15, 0.2) is 0 Å².